The Morgan fingerprint density at radius 1 is 0.971 bits per heavy atom. The summed E-state index contributed by atoms with van der Waals surface area (Å²) in [4.78, 5) is 18.4. The van der Waals surface area contributed by atoms with Crippen LogP contribution < -0.4 is 14.8 Å². The van der Waals surface area contributed by atoms with E-state index in [0.717, 1.165) is 11.3 Å². The summed E-state index contributed by atoms with van der Waals surface area (Å²) in [6.07, 6.45) is 0.792. The van der Waals surface area contributed by atoms with E-state index in [0.29, 0.717) is 34.5 Å². The van der Waals surface area contributed by atoms with Crippen LogP contribution >= 0.6 is 23.4 Å². The molecule has 0 spiro atoms. The van der Waals surface area contributed by atoms with Gasteiger partial charge in [-0.3, -0.25) is 4.79 Å². The van der Waals surface area contributed by atoms with Crippen LogP contribution in [0.5, 0.6) is 11.5 Å². The zero-order chi connectivity index (χ0) is 23.9. The molecule has 0 aliphatic heterocycles. The highest BCUT2D eigenvalue weighted by molar-refractivity contribution is 7.99. The lowest BCUT2D eigenvalue weighted by Gasteiger charge is -2.15. The molecular weight excluding hydrogens is 472 g/mol. The van der Waals surface area contributed by atoms with Crippen LogP contribution in [0, 0.1) is 0 Å². The number of benzene rings is 3. The Labute approximate surface area is 207 Å². The molecule has 7 nitrogen and oxygen atoms in total. The van der Waals surface area contributed by atoms with Gasteiger partial charge in [-0.2, -0.15) is 4.98 Å². The molecule has 9 heteroatoms. The second-order valence-corrected chi connectivity index (χ2v) is 8.56. The van der Waals surface area contributed by atoms with Gasteiger partial charge >= 0.3 is 0 Å². The molecule has 0 fully saturated rings. The molecule has 1 aromatic heterocycles. The van der Waals surface area contributed by atoms with Gasteiger partial charge in [-0.25, -0.2) is 4.68 Å². The third kappa shape index (κ3) is 5.52. The fourth-order valence-corrected chi connectivity index (χ4v) is 4.58. The van der Waals surface area contributed by atoms with Crippen molar-refractivity contribution < 1.29 is 14.3 Å². The molecule has 1 N–H and O–H groups in total. The first-order valence-corrected chi connectivity index (χ1v) is 11.7. The number of aromatic nitrogens is 3. The number of amides is 1. The van der Waals surface area contributed by atoms with E-state index in [2.05, 4.69) is 27.5 Å². The summed E-state index contributed by atoms with van der Waals surface area (Å²) < 4.78 is 12.5. The first-order valence-electron chi connectivity index (χ1n) is 10.5. The topological polar surface area (TPSA) is 78.3 Å². The number of nitrogens with zero attached hydrogens (tertiary/aromatic N) is 3. The average molecular weight is 495 g/mol. The summed E-state index contributed by atoms with van der Waals surface area (Å²) in [6, 6.07) is 22.8. The first kappa shape index (κ1) is 23.7. The molecule has 0 saturated carbocycles. The zero-order valence-electron chi connectivity index (χ0n) is 18.7. The number of nitrogens with one attached hydrogen (secondary N) is 1. The van der Waals surface area contributed by atoms with E-state index in [-0.39, 0.29) is 11.2 Å². The summed E-state index contributed by atoms with van der Waals surface area (Å²) in [5.41, 5.74) is 2.14. The number of para-hydroxylation sites is 1. The third-order valence-electron chi connectivity index (χ3n) is 5.06. The smallest absolute Gasteiger partial charge is 0.263 e. The fourth-order valence-electron chi connectivity index (χ4n) is 3.42. The molecule has 0 radical (unpaired) electrons. The van der Waals surface area contributed by atoms with Crippen LogP contribution in [0.2, 0.25) is 5.28 Å². The maximum Gasteiger partial charge on any atom is 0.263 e. The normalized spacial score (nSPS) is 10.7. The van der Waals surface area contributed by atoms with Gasteiger partial charge in [0.1, 0.15) is 17.1 Å². The van der Waals surface area contributed by atoms with Crippen molar-refractivity contribution in [1.29, 1.82) is 0 Å². The minimum atomic E-state index is -0.342. The molecule has 174 valence electrons. The van der Waals surface area contributed by atoms with Crippen molar-refractivity contribution in [2.24, 2.45) is 0 Å². The van der Waals surface area contributed by atoms with E-state index < -0.39 is 0 Å². The van der Waals surface area contributed by atoms with Gasteiger partial charge in [-0.1, -0.05) is 48.5 Å². The zero-order valence-corrected chi connectivity index (χ0v) is 20.3. The maximum atomic E-state index is 13.2. The Balaban J connectivity index is 1.56. The predicted molar refractivity (Wildman–Crippen MR) is 133 cm³/mol. The Morgan fingerprint density at radius 3 is 2.35 bits per heavy atom. The van der Waals surface area contributed by atoms with Gasteiger partial charge in [0.15, 0.2) is 5.16 Å². The van der Waals surface area contributed by atoms with E-state index >= 15 is 0 Å². The molecule has 1 heterocycles. The number of rotatable bonds is 9. The lowest BCUT2D eigenvalue weighted by Crippen LogP contribution is -2.15. The molecule has 34 heavy (non-hydrogen) atoms. The van der Waals surface area contributed by atoms with E-state index in [1.807, 2.05) is 42.5 Å². The van der Waals surface area contributed by atoms with Gasteiger partial charge in [-0.05, 0) is 59.6 Å². The van der Waals surface area contributed by atoms with Crippen LogP contribution in [0.3, 0.4) is 0 Å². The highest BCUT2D eigenvalue weighted by Crippen LogP contribution is 2.35. The molecule has 0 atom stereocenters. The van der Waals surface area contributed by atoms with Gasteiger partial charge in [0.2, 0.25) is 5.28 Å². The van der Waals surface area contributed by atoms with Crippen LogP contribution in [0.25, 0.3) is 0 Å². The first-order chi connectivity index (χ1) is 16.6. The number of ether oxygens (including phenoxy) is 2. The van der Waals surface area contributed by atoms with E-state index in [4.69, 9.17) is 21.1 Å². The van der Waals surface area contributed by atoms with Crippen molar-refractivity contribution in [1.82, 2.24) is 14.8 Å². The third-order valence-corrected chi connectivity index (χ3v) is 6.28. The monoisotopic (exact) mass is 494 g/mol. The van der Waals surface area contributed by atoms with Crippen LogP contribution in [-0.2, 0) is 13.0 Å². The second-order valence-electron chi connectivity index (χ2n) is 7.21. The quantitative estimate of drug-likeness (QED) is 0.326. The number of hydrogen-bond donors (Lipinski definition) is 1. The second kappa shape index (κ2) is 11.1. The number of carbonyl (C=O) groups excluding carboxylic acids is 1. The van der Waals surface area contributed by atoms with E-state index in [9.17, 15) is 4.79 Å². The summed E-state index contributed by atoms with van der Waals surface area (Å²) in [5.74, 6) is 0.509. The molecule has 4 aromatic rings. The van der Waals surface area contributed by atoms with Crippen molar-refractivity contribution >= 4 is 35.0 Å². The standard InChI is InChI=1S/C25H23ClN4O3S/c1-32-19-12-8-13-20(33-2)22(19)23(31)27-18-11-6-7-14-21(18)34-25-28-24(26)29-30(25)16-15-17-9-4-3-5-10-17/h3-14H,15-16H2,1-2H3,(H,27,31). The lowest BCUT2D eigenvalue weighted by molar-refractivity contribution is 0.102. The van der Waals surface area contributed by atoms with Crippen molar-refractivity contribution in [3.8, 4) is 11.5 Å². The Bertz CT molecular complexity index is 1260. The van der Waals surface area contributed by atoms with Gasteiger partial charge in [-0.15, -0.1) is 5.10 Å². The SMILES string of the molecule is COc1cccc(OC)c1C(=O)Nc1ccccc1Sc1nc(Cl)nn1CCc1ccccc1. The number of methoxy groups -OCH3 is 2. The molecule has 0 bridgehead atoms. The molecule has 0 aliphatic rings. The van der Waals surface area contributed by atoms with E-state index in [1.54, 1.807) is 22.9 Å². The average Bonchev–Trinajstić information content (AvgIpc) is 3.22. The summed E-state index contributed by atoms with van der Waals surface area (Å²) >= 11 is 7.51. The van der Waals surface area contributed by atoms with Crippen molar-refractivity contribution in [2.45, 2.75) is 23.0 Å². The van der Waals surface area contributed by atoms with Gasteiger partial charge in [0.25, 0.3) is 5.91 Å². The Kier molecular flexibility index (Phi) is 7.72. The molecule has 0 saturated heterocycles. The summed E-state index contributed by atoms with van der Waals surface area (Å²) in [6.45, 7) is 0.624. The van der Waals surface area contributed by atoms with Crippen molar-refractivity contribution in [3.05, 3.63) is 89.2 Å². The minimum absolute atomic E-state index is 0.177. The molecular formula is C25H23ClN4O3S. The highest BCUT2D eigenvalue weighted by Gasteiger charge is 2.20. The predicted octanol–water partition coefficient (Wildman–Crippen LogP) is 5.59. The number of anilines is 1. The summed E-state index contributed by atoms with van der Waals surface area (Å²) in [7, 11) is 3.03. The largest absolute Gasteiger partial charge is 0.496 e. The maximum absolute atomic E-state index is 13.2. The molecule has 0 aliphatic carbocycles. The number of carbonyl (C=O) groups is 1. The van der Waals surface area contributed by atoms with Crippen LogP contribution in [-0.4, -0.2) is 34.9 Å². The van der Waals surface area contributed by atoms with Crippen LogP contribution in [0.4, 0.5) is 5.69 Å². The minimum Gasteiger partial charge on any atom is -0.496 e. The van der Waals surface area contributed by atoms with Gasteiger partial charge in [0, 0.05) is 11.4 Å². The Hall–Kier alpha value is -3.49. The number of aryl methyl sites for hydroxylation is 2. The number of hydrogen-bond acceptors (Lipinski definition) is 6. The molecule has 3 aromatic carbocycles. The van der Waals surface area contributed by atoms with Crippen LogP contribution in [0.1, 0.15) is 15.9 Å². The fraction of sp³-hybridized carbons (Fsp3) is 0.160. The lowest BCUT2D eigenvalue weighted by atomic mass is 10.1. The molecule has 1 amide bonds. The van der Waals surface area contributed by atoms with Crippen molar-refractivity contribution in [3.63, 3.8) is 0 Å². The Morgan fingerprint density at radius 2 is 1.65 bits per heavy atom. The molecule has 0 unspecified atom stereocenters. The van der Waals surface area contributed by atoms with Crippen LogP contribution in [0.15, 0.2) is 82.8 Å². The van der Waals surface area contributed by atoms with Gasteiger partial charge < -0.3 is 14.8 Å². The summed E-state index contributed by atoms with van der Waals surface area (Å²) in [5, 5.41) is 8.12. The highest BCUT2D eigenvalue weighted by atomic mass is 35.5. The molecule has 4 rings (SSSR count). The van der Waals surface area contributed by atoms with Gasteiger partial charge in [0.05, 0.1) is 19.9 Å². The van der Waals surface area contributed by atoms with E-state index in [1.165, 1.54) is 31.5 Å². The number of halogens is 1. The van der Waals surface area contributed by atoms with Crippen molar-refractivity contribution in [2.75, 3.05) is 19.5 Å².